The molecule has 0 aliphatic rings. The number of nitrogens with zero attached hydrogens (tertiary/aromatic N) is 1. The maximum atomic E-state index is 5.51. The van der Waals surface area contributed by atoms with Crippen LogP contribution in [-0.4, -0.2) is 13.3 Å². The molecule has 0 aromatic heterocycles. The van der Waals surface area contributed by atoms with E-state index in [1.54, 1.807) is 13.3 Å². The van der Waals surface area contributed by atoms with Crippen LogP contribution in [0.25, 0.3) is 0 Å². The molecule has 0 fully saturated rings. The molecule has 0 aliphatic carbocycles. The summed E-state index contributed by atoms with van der Waals surface area (Å²) >= 11 is 0. The van der Waals surface area contributed by atoms with Gasteiger partial charge in [0.05, 0.1) is 12.8 Å². The number of hydrogen-bond acceptors (Lipinski definition) is 2. The van der Waals surface area contributed by atoms with Crippen LogP contribution in [0.1, 0.15) is 39.0 Å². The van der Waals surface area contributed by atoms with Crippen molar-refractivity contribution in [2.24, 2.45) is 4.99 Å². The Morgan fingerprint density at radius 2 is 2.00 bits per heavy atom. The third kappa shape index (κ3) is 6.24. The first-order valence-electron chi connectivity index (χ1n) is 7.14. The van der Waals surface area contributed by atoms with Crippen LogP contribution in [0.15, 0.2) is 40.9 Å². The molecule has 0 aliphatic heterocycles. The molecule has 2 heteroatoms. The van der Waals surface area contributed by atoms with Crippen LogP contribution in [0.5, 0.6) is 5.75 Å². The second-order valence-electron chi connectivity index (χ2n) is 4.62. The topological polar surface area (TPSA) is 21.6 Å². The number of methoxy groups -OCH3 is 1. The van der Waals surface area contributed by atoms with Crippen molar-refractivity contribution in [3.05, 3.63) is 35.9 Å². The second-order valence-corrected chi connectivity index (χ2v) is 4.62. The third-order valence-electron chi connectivity index (χ3n) is 3.06. The van der Waals surface area contributed by atoms with Gasteiger partial charge < -0.3 is 4.74 Å². The number of aliphatic imine (C=N–C) groups is 1. The fourth-order valence-corrected chi connectivity index (χ4v) is 1.83. The van der Waals surface area contributed by atoms with Gasteiger partial charge in [-0.2, -0.15) is 0 Å². The molecule has 0 saturated carbocycles. The van der Waals surface area contributed by atoms with Gasteiger partial charge in [0, 0.05) is 11.8 Å². The summed E-state index contributed by atoms with van der Waals surface area (Å²) in [6.45, 7) is 2.21. The number of allylic oxidation sites excluding steroid dienone is 2. The molecule has 0 radical (unpaired) electrons. The molecule has 1 aromatic rings. The second kappa shape index (κ2) is 9.86. The van der Waals surface area contributed by atoms with Crippen molar-refractivity contribution in [3.8, 4) is 18.1 Å². The number of benzene rings is 1. The molecule has 0 amide bonds. The van der Waals surface area contributed by atoms with Crippen molar-refractivity contribution >= 4 is 11.9 Å². The van der Waals surface area contributed by atoms with Gasteiger partial charge in [0.25, 0.3) is 0 Å². The zero-order valence-electron chi connectivity index (χ0n) is 12.4. The standard InChI is InChI=1S/C18H23NO/c1-4-6-7-8-9-16(5-2)14-15-19-17-10-12-18(20-3)13-11-17/h2,10-15H,4,6-9H2,1,3H3/b16-14+,19-15?. The van der Waals surface area contributed by atoms with Gasteiger partial charge in [-0.05, 0) is 43.2 Å². The number of terminal acetylenes is 1. The van der Waals surface area contributed by atoms with Crippen molar-refractivity contribution in [2.75, 3.05) is 7.11 Å². The van der Waals surface area contributed by atoms with Gasteiger partial charge in [-0.25, -0.2) is 0 Å². The maximum Gasteiger partial charge on any atom is 0.119 e. The van der Waals surface area contributed by atoms with E-state index >= 15 is 0 Å². The van der Waals surface area contributed by atoms with E-state index in [4.69, 9.17) is 11.2 Å². The van der Waals surface area contributed by atoms with Crippen LogP contribution in [0, 0.1) is 12.3 Å². The van der Waals surface area contributed by atoms with E-state index in [-0.39, 0.29) is 0 Å². The van der Waals surface area contributed by atoms with Gasteiger partial charge in [-0.1, -0.05) is 32.1 Å². The molecule has 0 heterocycles. The molecule has 0 N–H and O–H groups in total. The normalized spacial score (nSPS) is 11.6. The van der Waals surface area contributed by atoms with Crippen molar-refractivity contribution < 1.29 is 4.74 Å². The van der Waals surface area contributed by atoms with E-state index in [1.807, 2.05) is 30.3 Å². The Morgan fingerprint density at radius 1 is 1.25 bits per heavy atom. The van der Waals surface area contributed by atoms with E-state index in [1.165, 1.54) is 19.3 Å². The van der Waals surface area contributed by atoms with Crippen LogP contribution in [-0.2, 0) is 0 Å². The summed E-state index contributed by atoms with van der Waals surface area (Å²) in [5, 5.41) is 0. The SMILES string of the molecule is C#C/C(=C\C=Nc1ccc(OC)cc1)CCCCCC. The molecule has 1 aromatic carbocycles. The third-order valence-corrected chi connectivity index (χ3v) is 3.06. The van der Waals surface area contributed by atoms with Crippen molar-refractivity contribution in [1.82, 2.24) is 0 Å². The average Bonchev–Trinajstić information content (AvgIpc) is 2.50. The maximum absolute atomic E-state index is 5.51. The highest BCUT2D eigenvalue weighted by molar-refractivity contribution is 5.76. The van der Waals surface area contributed by atoms with Gasteiger partial charge in [0.2, 0.25) is 0 Å². The quantitative estimate of drug-likeness (QED) is 0.372. The molecule has 106 valence electrons. The lowest BCUT2D eigenvalue weighted by Crippen LogP contribution is -1.83. The monoisotopic (exact) mass is 269 g/mol. The fourth-order valence-electron chi connectivity index (χ4n) is 1.83. The first kappa shape index (κ1) is 16.0. The Hall–Kier alpha value is -2.01. The van der Waals surface area contributed by atoms with E-state index in [0.29, 0.717) is 0 Å². The van der Waals surface area contributed by atoms with Crippen LogP contribution in [0.3, 0.4) is 0 Å². The average molecular weight is 269 g/mol. The predicted octanol–water partition coefficient (Wildman–Crippen LogP) is 4.93. The number of ether oxygens (including phenoxy) is 1. The summed E-state index contributed by atoms with van der Waals surface area (Å²) in [5.74, 6) is 3.57. The number of hydrogen-bond donors (Lipinski definition) is 0. The fraction of sp³-hybridized carbons (Fsp3) is 0.389. The zero-order chi connectivity index (χ0) is 14.6. The Labute approximate surface area is 122 Å². The number of unbranched alkanes of at least 4 members (excludes halogenated alkanes) is 3. The Bertz CT molecular complexity index is 477. The summed E-state index contributed by atoms with van der Waals surface area (Å²) in [5.41, 5.74) is 1.91. The lowest BCUT2D eigenvalue weighted by Gasteiger charge is -1.99. The molecule has 2 nitrogen and oxygen atoms in total. The van der Waals surface area contributed by atoms with Gasteiger partial charge >= 0.3 is 0 Å². The number of rotatable bonds is 8. The van der Waals surface area contributed by atoms with Crippen LogP contribution < -0.4 is 4.74 Å². The molecule has 0 saturated heterocycles. The van der Waals surface area contributed by atoms with Gasteiger partial charge in [-0.15, -0.1) is 6.42 Å². The minimum Gasteiger partial charge on any atom is -0.497 e. The molecule has 0 atom stereocenters. The summed E-state index contributed by atoms with van der Waals surface area (Å²) in [7, 11) is 1.65. The van der Waals surface area contributed by atoms with Gasteiger partial charge in [0.15, 0.2) is 0 Å². The van der Waals surface area contributed by atoms with E-state index in [0.717, 1.165) is 29.9 Å². The highest BCUT2D eigenvalue weighted by Gasteiger charge is 1.93. The molecule has 0 bridgehead atoms. The van der Waals surface area contributed by atoms with Crippen molar-refractivity contribution in [3.63, 3.8) is 0 Å². The highest BCUT2D eigenvalue weighted by atomic mass is 16.5. The summed E-state index contributed by atoms with van der Waals surface area (Å²) in [4.78, 5) is 4.36. The van der Waals surface area contributed by atoms with E-state index in [2.05, 4.69) is 17.8 Å². The first-order valence-corrected chi connectivity index (χ1v) is 7.14. The largest absolute Gasteiger partial charge is 0.497 e. The van der Waals surface area contributed by atoms with Crippen molar-refractivity contribution in [2.45, 2.75) is 39.0 Å². The van der Waals surface area contributed by atoms with E-state index < -0.39 is 0 Å². The van der Waals surface area contributed by atoms with Gasteiger partial charge in [-0.3, -0.25) is 4.99 Å². The first-order chi connectivity index (χ1) is 9.80. The Kier molecular flexibility index (Phi) is 7.91. The smallest absolute Gasteiger partial charge is 0.119 e. The van der Waals surface area contributed by atoms with Crippen LogP contribution in [0.4, 0.5) is 5.69 Å². The molecule has 0 spiro atoms. The molecular weight excluding hydrogens is 246 g/mol. The minimum atomic E-state index is 0.833. The minimum absolute atomic E-state index is 0.833. The highest BCUT2D eigenvalue weighted by Crippen LogP contribution is 2.17. The van der Waals surface area contributed by atoms with E-state index in [9.17, 15) is 0 Å². The molecule has 20 heavy (non-hydrogen) atoms. The van der Waals surface area contributed by atoms with Crippen LogP contribution >= 0.6 is 0 Å². The molecule has 0 unspecified atom stereocenters. The lowest BCUT2D eigenvalue weighted by atomic mass is 10.1. The van der Waals surface area contributed by atoms with Crippen molar-refractivity contribution in [1.29, 1.82) is 0 Å². The summed E-state index contributed by atoms with van der Waals surface area (Å²) < 4.78 is 5.10. The Morgan fingerprint density at radius 3 is 2.60 bits per heavy atom. The summed E-state index contributed by atoms with van der Waals surface area (Å²) in [6.07, 6.45) is 15.1. The summed E-state index contributed by atoms with van der Waals surface area (Å²) in [6, 6.07) is 7.62. The molecular formula is C18H23NO. The zero-order valence-corrected chi connectivity index (χ0v) is 12.4. The Balaban J connectivity index is 2.49. The predicted molar refractivity (Wildman–Crippen MR) is 86.8 cm³/mol. The van der Waals surface area contributed by atoms with Gasteiger partial charge in [0.1, 0.15) is 5.75 Å². The molecule has 1 rings (SSSR count). The lowest BCUT2D eigenvalue weighted by molar-refractivity contribution is 0.415. The van der Waals surface area contributed by atoms with Crippen LogP contribution in [0.2, 0.25) is 0 Å².